The van der Waals surface area contributed by atoms with Crippen molar-refractivity contribution in [3.05, 3.63) is 33.1 Å². The summed E-state index contributed by atoms with van der Waals surface area (Å²) in [7, 11) is 1.67. The maximum Gasteiger partial charge on any atom is 0.194 e. The molecule has 0 saturated heterocycles. The Bertz CT molecular complexity index is 638. The number of aryl methyl sites for hydroxylation is 2. The van der Waals surface area contributed by atoms with Crippen molar-refractivity contribution in [1.82, 2.24) is 4.98 Å². The van der Waals surface area contributed by atoms with E-state index in [1.54, 1.807) is 7.11 Å². The third-order valence-electron chi connectivity index (χ3n) is 3.05. The van der Waals surface area contributed by atoms with Crippen LogP contribution in [0, 0.1) is 32.1 Å². The van der Waals surface area contributed by atoms with Crippen molar-refractivity contribution in [1.29, 1.82) is 5.26 Å². The highest BCUT2D eigenvalue weighted by atomic mass is 32.1. The zero-order valence-electron chi connectivity index (χ0n) is 10.9. The Hall–Kier alpha value is -1.86. The van der Waals surface area contributed by atoms with Crippen molar-refractivity contribution in [2.45, 2.75) is 20.8 Å². The van der Waals surface area contributed by atoms with Crippen LogP contribution >= 0.6 is 11.3 Å². The van der Waals surface area contributed by atoms with Crippen LogP contribution in [0.5, 0.6) is 5.75 Å². The Kier molecular flexibility index (Phi) is 3.35. The molecule has 0 spiro atoms. The molecule has 3 nitrogen and oxygen atoms in total. The molecule has 0 aliphatic rings. The molecule has 18 heavy (non-hydrogen) atoms. The highest BCUT2D eigenvalue weighted by Crippen LogP contribution is 2.37. The van der Waals surface area contributed by atoms with Gasteiger partial charge in [-0.3, -0.25) is 0 Å². The maximum absolute atomic E-state index is 8.86. The molecule has 1 aromatic carbocycles. The number of benzene rings is 1. The number of thiazole rings is 1. The van der Waals surface area contributed by atoms with E-state index < -0.39 is 0 Å². The second-order valence-corrected chi connectivity index (χ2v) is 5.05. The van der Waals surface area contributed by atoms with E-state index in [0.717, 1.165) is 28.1 Å². The molecule has 0 amide bonds. The number of ether oxygens (including phenoxy) is 1. The molecule has 4 heteroatoms. The van der Waals surface area contributed by atoms with Gasteiger partial charge < -0.3 is 4.74 Å². The predicted octanol–water partition coefficient (Wildman–Crippen LogP) is 3.62. The van der Waals surface area contributed by atoms with Crippen molar-refractivity contribution in [2.24, 2.45) is 0 Å². The van der Waals surface area contributed by atoms with Gasteiger partial charge in [0.2, 0.25) is 0 Å². The first-order valence-electron chi connectivity index (χ1n) is 5.59. The van der Waals surface area contributed by atoms with Crippen LogP contribution in [0.3, 0.4) is 0 Å². The summed E-state index contributed by atoms with van der Waals surface area (Å²) in [5.41, 5.74) is 5.23. The van der Waals surface area contributed by atoms with E-state index in [1.165, 1.54) is 16.9 Å². The van der Waals surface area contributed by atoms with Crippen molar-refractivity contribution < 1.29 is 4.74 Å². The molecular formula is C14H14N2OS. The molecule has 92 valence electrons. The first-order valence-corrected chi connectivity index (χ1v) is 6.47. The van der Waals surface area contributed by atoms with Gasteiger partial charge in [0.15, 0.2) is 5.01 Å². The SMILES string of the molecule is COc1c(C)c(C)cc(C)c1-c1csc(C#N)n1. The lowest BCUT2D eigenvalue weighted by Gasteiger charge is -2.15. The van der Waals surface area contributed by atoms with Gasteiger partial charge in [-0.2, -0.15) is 5.26 Å². The number of rotatable bonds is 2. The van der Waals surface area contributed by atoms with Gasteiger partial charge in [0.25, 0.3) is 0 Å². The molecule has 2 rings (SSSR count). The second-order valence-electron chi connectivity index (χ2n) is 4.19. The zero-order valence-corrected chi connectivity index (χ0v) is 11.7. The average molecular weight is 258 g/mol. The molecule has 1 aromatic heterocycles. The zero-order chi connectivity index (χ0) is 13.3. The molecule has 0 saturated carbocycles. The van der Waals surface area contributed by atoms with Gasteiger partial charge in [-0.15, -0.1) is 11.3 Å². The Balaban J connectivity index is 2.70. The molecule has 0 radical (unpaired) electrons. The van der Waals surface area contributed by atoms with E-state index in [4.69, 9.17) is 10.00 Å². The number of hydrogen-bond donors (Lipinski definition) is 0. The van der Waals surface area contributed by atoms with Crippen LogP contribution in [0.2, 0.25) is 0 Å². The van der Waals surface area contributed by atoms with Crippen LogP contribution in [0.1, 0.15) is 21.7 Å². The Morgan fingerprint density at radius 1 is 1.28 bits per heavy atom. The summed E-state index contributed by atoms with van der Waals surface area (Å²) in [6.07, 6.45) is 0. The normalized spacial score (nSPS) is 10.2. The van der Waals surface area contributed by atoms with Crippen molar-refractivity contribution in [2.75, 3.05) is 7.11 Å². The van der Waals surface area contributed by atoms with Crippen LogP contribution < -0.4 is 4.74 Å². The van der Waals surface area contributed by atoms with Crippen LogP contribution in [0.4, 0.5) is 0 Å². The summed E-state index contributed by atoms with van der Waals surface area (Å²) in [6, 6.07) is 4.19. The molecule has 0 bridgehead atoms. The quantitative estimate of drug-likeness (QED) is 0.826. The predicted molar refractivity (Wildman–Crippen MR) is 73.0 cm³/mol. The van der Waals surface area contributed by atoms with E-state index >= 15 is 0 Å². The molecule has 0 fully saturated rings. The minimum absolute atomic E-state index is 0.477. The Morgan fingerprint density at radius 2 is 2.00 bits per heavy atom. The summed E-state index contributed by atoms with van der Waals surface area (Å²) >= 11 is 1.35. The number of nitrogens with zero attached hydrogens (tertiary/aromatic N) is 2. The summed E-state index contributed by atoms with van der Waals surface area (Å²) in [5.74, 6) is 0.849. The maximum atomic E-state index is 8.86. The molecular weight excluding hydrogens is 244 g/mol. The standard InChI is InChI=1S/C14H14N2OS/c1-8-5-9(2)13(14(17-4)10(8)3)11-7-18-12(6-15)16-11/h5,7H,1-4H3. The van der Waals surface area contributed by atoms with Gasteiger partial charge in [0.1, 0.15) is 11.8 Å². The molecule has 0 N–H and O–H groups in total. The number of hydrogen-bond acceptors (Lipinski definition) is 4. The highest BCUT2D eigenvalue weighted by molar-refractivity contribution is 7.10. The lowest BCUT2D eigenvalue weighted by molar-refractivity contribution is 0.412. The van der Waals surface area contributed by atoms with E-state index in [1.807, 2.05) is 19.2 Å². The average Bonchev–Trinajstić information content (AvgIpc) is 2.81. The fraction of sp³-hybridized carbons (Fsp3) is 0.286. The third-order valence-corrected chi connectivity index (χ3v) is 3.79. The molecule has 0 aliphatic heterocycles. The van der Waals surface area contributed by atoms with Gasteiger partial charge in [0, 0.05) is 10.9 Å². The fourth-order valence-corrected chi connectivity index (χ4v) is 2.66. The van der Waals surface area contributed by atoms with Crippen LogP contribution in [-0.2, 0) is 0 Å². The molecule has 2 aromatic rings. The number of aromatic nitrogens is 1. The first kappa shape index (κ1) is 12.6. The smallest absolute Gasteiger partial charge is 0.194 e. The molecule has 0 unspecified atom stereocenters. The summed E-state index contributed by atoms with van der Waals surface area (Å²) in [5, 5.41) is 11.2. The Morgan fingerprint density at radius 3 is 2.56 bits per heavy atom. The van der Waals surface area contributed by atoms with Gasteiger partial charge in [0.05, 0.1) is 12.8 Å². The van der Waals surface area contributed by atoms with Crippen LogP contribution in [0.25, 0.3) is 11.3 Å². The highest BCUT2D eigenvalue weighted by Gasteiger charge is 2.16. The second kappa shape index (κ2) is 4.79. The molecule has 1 heterocycles. The lowest BCUT2D eigenvalue weighted by Crippen LogP contribution is -1.97. The van der Waals surface area contributed by atoms with Gasteiger partial charge in [-0.05, 0) is 37.5 Å². The minimum atomic E-state index is 0.477. The van der Waals surface area contributed by atoms with Gasteiger partial charge >= 0.3 is 0 Å². The minimum Gasteiger partial charge on any atom is -0.496 e. The fourth-order valence-electron chi connectivity index (χ4n) is 2.06. The summed E-state index contributed by atoms with van der Waals surface area (Å²) in [4.78, 5) is 4.32. The lowest BCUT2D eigenvalue weighted by atomic mass is 9.97. The summed E-state index contributed by atoms with van der Waals surface area (Å²) < 4.78 is 5.52. The third kappa shape index (κ3) is 1.98. The molecule has 0 aliphatic carbocycles. The van der Waals surface area contributed by atoms with Gasteiger partial charge in [-0.1, -0.05) is 6.07 Å². The van der Waals surface area contributed by atoms with Crippen molar-refractivity contribution >= 4 is 11.3 Å². The van der Waals surface area contributed by atoms with E-state index in [9.17, 15) is 0 Å². The summed E-state index contributed by atoms with van der Waals surface area (Å²) in [6.45, 7) is 6.14. The van der Waals surface area contributed by atoms with Crippen LogP contribution in [0.15, 0.2) is 11.4 Å². The van der Waals surface area contributed by atoms with Crippen molar-refractivity contribution in [3.8, 4) is 23.1 Å². The van der Waals surface area contributed by atoms with E-state index in [2.05, 4.69) is 24.0 Å². The first-order chi connectivity index (χ1) is 8.58. The number of nitriles is 1. The topological polar surface area (TPSA) is 45.9 Å². The Labute approximate surface area is 111 Å². The largest absolute Gasteiger partial charge is 0.496 e. The van der Waals surface area contributed by atoms with Crippen molar-refractivity contribution in [3.63, 3.8) is 0 Å². The number of methoxy groups -OCH3 is 1. The monoisotopic (exact) mass is 258 g/mol. The van der Waals surface area contributed by atoms with E-state index in [-0.39, 0.29) is 0 Å². The molecule has 0 atom stereocenters. The van der Waals surface area contributed by atoms with Gasteiger partial charge in [-0.25, -0.2) is 4.98 Å². The van der Waals surface area contributed by atoms with Crippen LogP contribution in [-0.4, -0.2) is 12.1 Å². The van der Waals surface area contributed by atoms with E-state index in [0.29, 0.717) is 5.01 Å².